The molecule has 0 saturated heterocycles. The van der Waals surface area contributed by atoms with Crippen LogP contribution in [0.1, 0.15) is 19.7 Å². The van der Waals surface area contributed by atoms with Crippen LogP contribution in [0.5, 0.6) is 5.75 Å². The number of para-hydroxylation sites is 2. The highest BCUT2D eigenvalue weighted by molar-refractivity contribution is 6.06. The summed E-state index contributed by atoms with van der Waals surface area (Å²) in [5.41, 5.74) is 8.96. The summed E-state index contributed by atoms with van der Waals surface area (Å²) in [4.78, 5) is 9.38. The zero-order valence-corrected chi connectivity index (χ0v) is 15.7. The molecule has 0 fully saturated rings. The van der Waals surface area contributed by atoms with Crippen LogP contribution >= 0.6 is 0 Å². The maximum absolute atomic E-state index is 6.24. The van der Waals surface area contributed by atoms with Gasteiger partial charge in [0.25, 0.3) is 0 Å². The maximum Gasteiger partial charge on any atom is 0.152 e. The number of imidazole rings is 1. The van der Waals surface area contributed by atoms with Crippen molar-refractivity contribution in [1.29, 1.82) is 0 Å². The van der Waals surface area contributed by atoms with Gasteiger partial charge in [-0.05, 0) is 24.1 Å². The zero-order valence-electron chi connectivity index (χ0n) is 15.7. The Hall–Kier alpha value is -3.08. The molecule has 0 aliphatic carbocycles. The lowest BCUT2D eigenvalue weighted by Crippen LogP contribution is -2.13. The van der Waals surface area contributed by atoms with Crippen LogP contribution < -0.4 is 10.5 Å². The van der Waals surface area contributed by atoms with Gasteiger partial charge in [0.2, 0.25) is 0 Å². The van der Waals surface area contributed by atoms with Gasteiger partial charge < -0.3 is 15.0 Å². The summed E-state index contributed by atoms with van der Waals surface area (Å²) >= 11 is 0. The summed E-state index contributed by atoms with van der Waals surface area (Å²) < 4.78 is 8.18. The average Bonchev–Trinajstić information content (AvgIpc) is 3.01. The number of hydrogen-bond acceptors (Lipinski definition) is 4. The van der Waals surface area contributed by atoms with Crippen molar-refractivity contribution in [2.24, 2.45) is 5.92 Å². The van der Waals surface area contributed by atoms with E-state index < -0.39 is 0 Å². The Bertz CT molecular complexity index is 1070. The number of benzene rings is 2. The first-order valence-electron chi connectivity index (χ1n) is 9.34. The first kappa shape index (κ1) is 17.3. The van der Waals surface area contributed by atoms with Crippen molar-refractivity contribution >= 4 is 27.8 Å². The fourth-order valence-corrected chi connectivity index (χ4v) is 3.44. The lowest BCUT2D eigenvalue weighted by molar-refractivity contribution is 0.297. The molecule has 0 amide bonds. The fourth-order valence-electron chi connectivity index (χ4n) is 3.44. The second kappa shape index (κ2) is 7.27. The lowest BCUT2D eigenvalue weighted by Gasteiger charge is -2.13. The summed E-state index contributed by atoms with van der Waals surface area (Å²) in [5.74, 6) is 2.88. The highest BCUT2D eigenvalue weighted by atomic mass is 16.5. The number of hydrogen-bond donors (Lipinski definition) is 1. The van der Waals surface area contributed by atoms with E-state index in [4.69, 9.17) is 15.5 Å². The number of fused-ring (bicyclic) bond motifs is 3. The molecule has 5 heteroatoms. The van der Waals surface area contributed by atoms with Crippen molar-refractivity contribution in [1.82, 2.24) is 14.5 Å². The van der Waals surface area contributed by atoms with Crippen LogP contribution in [-0.2, 0) is 13.0 Å². The van der Waals surface area contributed by atoms with Crippen molar-refractivity contribution in [3.63, 3.8) is 0 Å². The van der Waals surface area contributed by atoms with Crippen LogP contribution in [0.25, 0.3) is 21.9 Å². The molecule has 2 heterocycles. The smallest absolute Gasteiger partial charge is 0.152 e. The molecule has 0 saturated carbocycles. The Morgan fingerprint density at radius 3 is 2.52 bits per heavy atom. The normalized spacial score (nSPS) is 11.5. The van der Waals surface area contributed by atoms with E-state index >= 15 is 0 Å². The standard InChI is InChI=1S/C22H24N4O/c1-15(2)14-19-25-20-21(17-10-6-7-11-18(17)24-22(20)23)26(19)12-13-27-16-8-4-3-5-9-16/h3-11,15H,12-14H2,1-2H3,(H2,23,24). The number of nitrogen functional groups attached to an aromatic ring is 1. The molecule has 0 aliphatic rings. The van der Waals surface area contributed by atoms with Crippen molar-refractivity contribution < 1.29 is 4.74 Å². The van der Waals surface area contributed by atoms with E-state index in [1.807, 2.05) is 48.5 Å². The van der Waals surface area contributed by atoms with Gasteiger partial charge in [0.05, 0.1) is 17.6 Å². The highest BCUT2D eigenvalue weighted by Gasteiger charge is 2.17. The van der Waals surface area contributed by atoms with Crippen LogP contribution in [-0.4, -0.2) is 21.1 Å². The molecule has 0 bridgehead atoms. The predicted octanol–water partition coefficient (Wildman–Crippen LogP) is 4.44. The molecule has 0 unspecified atom stereocenters. The maximum atomic E-state index is 6.24. The van der Waals surface area contributed by atoms with E-state index in [2.05, 4.69) is 29.5 Å². The van der Waals surface area contributed by atoms with Gasteiger partial charge in [-0.25, -0.2) is 9.97 Å². The molecule has 2 aromatic carbocycles. The van der Waals surface area contributed by atoms with Crippen molar-refractivity contribution in [3.05, 3.63) is 60.4 Å². The van der Waals surface area contributed by atoms with Gasteiger partial charge in [-0.15, -0.1) is 0 Å². The second-order valence-electron chi connectivity index (χ2n) is 7.15. The van der Waals surface area contributed by atoms with E-state index in [1.54, 1.807) is 0 Å². The van der Waals surface area contributed by atoms with E-state index in [1.165, 1.54) is 0 Å². The molecule has 0 atom stereocenters. The molecule has 2 N–H and O–H groups in total. The summed E-state index contributed by atoms with van der Waals surface area (Å²) in [7, 11) is 0. The number of pyridine rings is 1. The van der Waals surface area contributed by atoms with Gasteiger partial charge in [-0.1, -0.05) is 50.2 Å². The van der Waals surface area contributed by atoms with Crippen LogP contribution in [0.15, 0.2) is 54.6 Å². The van der Waals surface area contributed by atoms with Crippen molar-refractivity contribution in [3.8, 4) is 5.75 Å². The second-order valence-corrected chi connectivity index (χ2v) is 7.15. The number of rotatable bonds is 6. The average molecular weight is 360 g/mol. The molecule has 4 aromatic rings. The molecule has 0 radical (unpaired) electrons. The molecule has 0 aliphatic heterocycles. The van der Waals surface area contributed by atoms with Gasteiger partial charge in [-0.3, -0.25) is 0 Å². The van der Waals surface area contributed by atoms with Crippen molar-refractivity contribution in [2.45, 2.75) is 26.8 Å². The van der Waals surface area contributed by atoms with Crippen LogP contribution in [0.2, 0.25) is 0 Å². The summed E-state index contributed by atoms with van der Waals surface area (Å²) in [6.45, 7) is 5.67. The molecule has 4 rings (SSSR count). The van der Waals surface area contributed by atoms with Gasteiger partial charge in [0, 0.05) is 11.8 Å². The Balaban J connectivity index is 1.77. The fraction of sp³-hybridized carbons (Fsp3) is 0.273. The van der Waals surface area contributed by atoms with E-state index in [9.17, 15) is 0 Å². The SMILES string of the molecule is CC(C)Cc1nc2c(N)nc3ccccc3c2n1CCOc1ccccc1. The van der Waals surface area contributed by atoms with E-state index in [0.717, 1.165) is 39.9 Å². The van der Waals surface area contributed by atoms with Gasteiger partial charge >= 0.3 is 0 Å². The molecular weight excluding hydrogens is 336 g/mol. The van der Waals surface area contributed by atoms with Crippen LogP contribution in [0, 0.1) is 5.92 Å². The topological polar surface area (TPSA) is 66.0 Å². The minimum Gasteiger partial charge on any atom is -0.492 e. The number of nitrogens with two attached hydrogens (primary N) is 1. The Morgan fingerprint density at radius 1 is 1.00 bits per heavy atom. The molecule has 0 spiro atoms. The third-order valence-corrected chi connectivity index (χ3v) is 4.61. The van der Waals surface area contributed by atoms with Crippen LogP contribution in [0.4, 0.5) is 5.82 Å². The minimum absolute atomic E-state index is 0.483. The lowest BCUT2D eigenvalue weighted by atomic mass is 10.1. The minimum atomic E-state index is 0.483. The number of aromatic nitrogens is 3. The Labute approximate surface area is 158 Å². The van der Waals surface area contributed by atoms with Gasteiger partial charge in [0.15, 0.2) is 5.82 Å². The predicted molar refractivity (Wildman–Crippen MR) is 110 cm³/mol. The zero-order chi connectivity index (χ0) is 18.8. The molecule has 138 valence electrons. The van der Waals surface area contributed by atoms with Gasteiger partial charge in [0.1, 0.15) is 23.7 Å². The third kappa shape index (κ3) is 3.45. The molecule has 2 aromatic heterocycles. The summed E-state index contributed by atoms with van der Waals surface area (Å²) in [5, 5.41) is 1.07. The first-order valence-corrected chi connectivity index (χ1v) is 9.34. The largest absolute Gasteiger partial charge is 0.492 e. The number of ether oxygens (including phenoxy) is 1. The van der Waals surface area contributed by atoms with E-state index in [-0.39, 0.29) is 0 Å². The van der Waals surface area contributed by atoms with Gasteiger partial charge in [-0.2, -0.15) is 0 Å². The first-order chi connectivity index (χ1) is 13.1. The summed E-state index contributed by atoms with van der Waals surface area (Å²) in [6, 6.07) is 18.0. The number of nitrogens with zero attached hydrogens (tertiary/aromatic N) is 3. The van der Waals surface area contributed by atoms with Crippen molar-refractivity contribution in [2.75, 3.05) is 12.3 Å². The Kier molecular flexibility index (Phi) is 4.67. The highest BCUT2D eigenvalue weighted by Crippen LogP contribution is 2.29. The third-order valence-electron chi connectivity index (χ3n) is 4.61. The monoisotopic (exact) mass is 360 g/mol. The molecule has 5 nitrogen and oxygen atoms in total. The quantitative estimate of drug-likeness (QED) is 0.552. The molecule has 27 heavy (non-hydrogen) atoms. The van der Waals surface area contributed by atoms with E-state index in [0.29, 0.717) is 24.9 Å². The summed E-state index contributed by atoms with van der Waals surface area (Å²) in [6.07, 6.45) is 0.883. The molecular formula is C22H24N4O. The Morgan fingerprint density at radius 2 is 1.74 bits per heavy atom. The van der Waals surface area contributed by atoms with Crippen LogP contribution in [0.3, 0.4) is 0 Å². The number of anilines is 1.